The van der Waals surface area contributed by atoms with E-state index in [0.29, 0.717) is 13.0 Å². The van der Waals surface area contributed by atoms with Crippen LogP contribution in [0.15, 0.2) is 11.6 Å². The molecule has 5 nitrogen and oxygen atoms in total. The van der Waals surface area contributed by atoms with E-state index in [4.69, 9.17) is 5.11 Å². The van der Waals surface area contributed by atoms with E-state index in [2.05, 4.69) is 16.7 Å². The lowest BCUT2D eigenvalue weighted by Gasteiger charge is -2.14. The summed E-state index contributed by atoms with van der Waals surface area (Å²) in [6.45, 7) is 2.46. The first-order valence-electron chi connectivity index (χ1n) is 6.58. The van der Waals surface area contributed by atoms with Crippen molar-refractivity contribution < 1.29 is 14.7 Å². The van der Waals surface area contributed by atoms with Gasteiger partial charge in [0.1, 0.15) is 6.04 Å². The number of carboxylic acids is 1. The molecule has 0 bridgehead atoms. The van der Waals surface area contributed by atoms with Gasteiger partial charge in [-0.05, 0) is 32.1 Å². The predicted octanol–water partition coefficient (Wildman–Crippen LogP) is 2.04. The molecule has 18 heavy (non-hydrogen) atoms. The van der Waals surface area contributed by atoms with Gasteiger partial charge in [0, 0.05) is 6.54 Å². The predicted molar refractivity (Wildman–Crippen MR) is 69.4 cm³/mol. The van der Waals surface area contributed by atoms with Gasteiger partial charge in [-0.25, -0.2) is 9.59 Å². The highest BCUT2D eigenvalue weighted by atomic mass is 16.4. The summed E-state index contributed by atoms with van der Waals surface area (Å²) in [6.07, 6.45) is 7.73. The smallest absolute Gasteiger partial charge is 0.326 e. The van der Waals surface area contributed by atoms with Crippen LogP contribution in [-0.2, 0) is 4.79 Å². The highest BCUT2D eigenvalue weighted by molar-refractivity contribution is 5.82. The summed E-state index contributed by atoms with van der Waals surface area (Å²) < 4.78 is 0. The topological polar surface area (TPSA) is 78.4 Å². The Morgan fingerprint density at radius 2 is 2.28 bits per heavy atom. The Hall–Kier alpha value is -1.52. The van der Waals surface area contributed by atoms with Crippen molar-refractivity contribution in [3.63, 3.8) is 0 Å². The fraction of sp³-hybridized carbons (Fsp3) is 0.692. The Morgan fingerprint density at radius 3 is 2.83 bits per heavy atom. The lowest BCUT2D eigenvalue weighted by molar-refractivity contribution is -0.139. The summed E-state index contributed by atoms with van der Waals surface area (Å²) in [7, 11) is 0. The SMILES string of the molecule is CCCC(NC(=O)NCCC1=CCCC1)C(=O)O. The van der Waals surface area contributed by atoms with E-state index in [1.54, 1.807) is 0 Å². The Morgan fingerprint density at radius 1 is 1.50 bits per heavy atom. The van der Waals surface area contributed by atoms with Gasteiger partial charge >= 0.3 is 12.0 Å². The molecule has 5 heteroatoms. The van der Waals surface area contributed by atoms with Crippen LogP contribution in [0.5, 0.6) is 0 Å². The molecule has 0 spiro atoms. The first kappa shape index (κ1) is 14.5. The van der Waals surface area contributed by atoms with Crippen LogP contribution in [-0.4, -0.2) is 29.7 Å². The summed E-state index contributed by atoms with van der Waals surface area (Å²) in [5.74, 6) is -0.981. The van der Waals surface area contributed by atoms with Crippen molar-refractivity contribution in [1.82, 2.24) is 10.6 Å². The Bertz CT molecular complexity index is 326. The molecule has 0 radical (unpaired) electrons. The van der Waals surface area contributed by atoms with Crippen molar-refractivity contribution in [1.29, 1.82) is 0 Å². The maximum absolute atomic E-state index is 11.5. The van der Waals surface area contributed by atoms with Crippen LogP contribution in [0, 0.1) is 0 Å². The lowest BCUT2D eigenvalue weighted by atomic mass is 10.1. The van der Waals surface area contributed by atoms with Crippen LogP contribution in [0.3, 0.4) is 0 Å². The monoisotopic (exact) mass is 254 g/mol. The number of carbonyl (C=O) groups excluding carboxylic acids is 1. The van der Waals surface area contributed by atoms with Gasteiger partial charge in [-0.3, -0.25) is 0 Å². The Labute approximate surface area is 108 Å². The number of carboxylic acid groups (broad SMARTS) is 1. The summed E-state index contributed by atoms with van der Waals surface area (Å²) in [6, 6.07) is -1.19. The second kappa shape index (κ2) is 7.74. The largest absolute Gasteiger partial charge is 0.480 e. The van der Waals surface area contributed by atoms with Crippen LogP contribution in [0.1, 0.15) is 45.4 Å². The molecule has 0 aromatic rings. The third-order valence-electron chi connectivity index (χ3n) is 3.05. The molecule has 0 aromatic carbocycles. The van der Waals surface area contributed by atoms with Crippen molar-refractivity contribution >= 4 is 12.0 Å². The highest BCUT2D eigenvalue weighted by Crippen LogP contribution is 2.19. The molecule has 1 aliphatic carbocycles. The number of aliphatic carboxylic acids is 1. The molecule has 0 fully saturated rings. The van der Waals surface area contributed by atoms with Gasteiger partial charge < -0.3 is 15.7 Å². The maximum Gasteiger partial charge on any atom is 0.326 e. The zero-order valence-corrected chi connectivity index (χ0v) is 10.9. The Kier molecular flexibility index (Phi) is 6.25. The fourth-order valence-electron chi connectivity index (χ4n) is 2.06. The molecule has 0 aromatic heterocycles. The standard InChI is InChI=1S/C13H22N2O3/c1-2-5-11(12(16)17)15-13(18)14-9-8-10-6-3-4-7-10/h6,11H,2-5,7-9H2,1H3,(H,16,17)(H2,14,15,18). The molecule has 0 saturated carbocycles. The molecule has 3 N–H and O–H groups in total. The number of hydrogen-bond acceptors (Lipinski definition) is 2. The summed E-state index contributed by atoms with van der Waals surface area (Å²) >= 11 is 0. The molecule has 1 aliphatic rings. The fourth-order valence-corrected chi connectivity index (χ4v) is 2.06. The van der Waals surface area contributed by atoms with Crippen LogP contribution in [0.25, 0.3) is 0 Å². The van der Waals surface area contributed by atoms with Gasteiger partial charge in [0.15, 0.2) is 0 Å². The van der Waals surface area contributed by atoms with E-state index in [1.807, 2.05) is 6.92 Å². The third-order valence-corrected chi connectivity index (χ3v) is 3.05. The number of amides is 2. The molecule has 1 atom stereocenters. The van der Waals surface area contributed by atoms with Crippen LogP contribution >= 0.6 is 0 Å². The minimum absolute atomic E-state index is 0.394. The van der Waals surface area contributed by atoms with E-state index < -0.39 is 18.0 Å². The number of nitrogens with one attached hydrogen (secondary N) is 2. The molecule has 102 valence electrons. The number of hydrogen-bond donors (Lipinski definition) is 3. The second-order valence-corrected chi connectivity index (χ2v) is 4.58. The van der Waals surface area contributed by atoms with E-state index in [1.165, 1.54) is 12.0 Å². The number of allylic oxidation sites excluding steroid dienone is 1. The van der Waals surface area contributed by atoms with Gasteiger partial charge in [0.25, 0.3) is 0 Å². The number of carbonyl (C=O) groups is 2. The van der Waals surface area contributed by atoms with Crippen LogP contribution < -0.4 is 10.6 Å². The van der Waals surface area contributed by atoms with Crippen molar-refractivity contribution in [2.24, 2.45) is 0 Å². The van der Waals surface area contributed by atoms with Crippen LogP contribution in [0.2, 0.25) is 0 Å². The molecule has 0 aliphatic heterocycles. The minimum Gasteiger partial charge on any atom is -0.480 e. The second-order valence-electron chi connectivity index (χ2n) is 4.58. The van der Waals surface area contributed by atoms with Gasteiger partial charge in [-0.2, -0.15) is 0 Å². The lowest BCUT2D eigenvalue weighted by Crippen LogP contribution is -2.46. The zero-order chi connectivity index (χ0) is 13.4. The van der Waals surface area contributed by atoms with Crippen molar-refractivity contribution in [3.05, 3.63) is 11.6 Å². The van der Waals surface area contributed by atoms with E-state index in [9.17, 15) is 9.59 Å². The molecule has 0 heterocycles. The zero-order valence-electron chi connectivity index (χ0n) is 10.9. The number of urea groups is 1. The van der Waals surface area contributed by atoms with Crippen molar-refractivity contribution in [2.75, 3.05) is 6.54 Å². The van der Waals surface area contributed by atoms with Gasteiger partial charge in [0.2, 0.25) is 0 Å². The van der Waals surface area contributed by atoms with E-state index in [0.717, 1.165) is 25.7 Å². The summed E-state index contributed by atoms with van der Waals surface area (Å²) in [4.78, 5) is 22.4. The Balaban J connectivity index is 2.20. The summed E-state index contributed by atoms with van der Waals surface area (Å²) in [5.41, 5.74) is 1.39. The summed E-state index contributed by atoms with van der Waals surface area (Å²) in [5, 5.41) is 14.1. The molecular weight excluding hydrogens is 232 g/mol. The van der Waals surface area contributed by atoms with Crippen molar-refractivity contribution in [3.8, 4) is 0 Å². The van der Waals surface area contributed by atoms with Gasteiger partial charge in [-0.1, -0.05) is 25.0 Å². The molecule has 1 unspecified atom stereocenters. The normalized spacial score (nSPS) is 15.9. The maximum atomic E-state index is 11.5. The molecule has 1 rings (SSSR count). The quantitative estimate of drug-likeness (QED) is 0.608. The average Bonchev–Trinajstić information content (AvgIpc) is 2.81. The average molecular weight is 254 g/mol. The molecule has 0 saturated heterocycles. The molecular formula is C13H22N2O3. The van der Waals surface area contributed by atoms with Crippen molar-refractivity contribution in [2.45, 2.75) is 51.5 Å². The van der Waals surface area contributed by atoms with E-state index in [-0.39, 0.29) is 0 Å². The van der Waals surface area contributed by atoms with Gasteiger partial charge in [-0.15, -0.1) is 0 Å². The molecule has 2 amide bonds. The van der Waals surface area contributed by atoms with Gasteiger partial charge in [0.05, 0.1) is 0 Å². The first-order valence-corrected chi connectivity index (χ1v) is 6.58. The minimum atomic E-state index is -0.981. The number of rotatable bonds is 7. The third kappa shape index (κ3) is 5.21. The first-order chi connectivity index (χ1) is 8.63. The highest BCUT2D eigenvalue weighted by Gasteiger charge is 2.18. The van der Waals surface area contributed by atoms with E-state index >= 15 is 0 Å². The van der Waals surface area contributed by atoms with Crippen LogP contribution in [0.4, 0.5) is 4.79 Å².